The van der Waals surface area contributed by atoms with Crippen LogP contribution in [-0.2, 0) is 4.74 Å². The molecule has 0 radical (unpaired) electrons. The topological polar surface area (TPSA) is 26.3 Å². The van der Waals surface area contributed by atoms with Crippen molar-refractivity contribution in [1.82, 2.24) is 0 Å². The fraction of sp³-hybridized carbons (Fsp3) is 0.435. The van der Waals surface area contributed by atoms with Gasteiger partial charge in [0.05, 0.1) is 12.7 Å². The predicted molar refractivity (Wildman–Crippen MR) is 113 cm³/mol. The Kier molecular flexibility index (Phi) is 6.31. The summed E-state index contributed by atoms with van der Waals surface area (Å²) < 4.78 is 5.00. The summed E-state index contributed by atoms with van der Waals surface area (Å²) in [6.07, 6.45) is 0. The first-order chi connectivity index (χ1) is 12.3. The largest absolute Gasteiger partial charge is 0.465 e. The van der Waals surface area contributed by atoms with E-state index >= 15 is 0 Å². The third-order valence-corrected chi connectivity index (χ3v) is 11.9. The number of fused-ring (bicyclic) bond motifs is 1. The maximum Gasteiger partial charge on any atom is 0.339 e. The normalized spacial score (nSPS) is 11.8. The van der Waals surface area contributed by atoms with Crippen molar-refractivity contribution in [1.29, 1.82) is 0 Å². The molecule has 0 aliphatic rings. The molecular formula is C23H30O2Si. The highest BCUT2D eigenvalue weighted by Crippen LogP contribution is 2.41. The van der Waals surface area contributed by atoms with Crippen molar-refractivity contribution in [2.75, 3.05) is 7.11 Å². The van der Waals surface area contributed by atoms with Gasteiger partial charge in [-0.3, -0.25) is 0 Å². The van der Waals surface area contributed by atoms with Gasteiger partial charge in [0.2, 0.25) is 0 Å². The van der Waals surface area contributed by atoms with Crippen LogP contribution in [0.3, 0.4) is 0 Å². The summed E-state index contributed by atoms with van der Waals surface area (Å²) in [6, 6.07) is 11.9. The lowest BCUT2D eigenvalue weighted by Gasteiger charge is -2.38. The summed E-state index contributed by atoms with van der Waals surface area (Å²) in [5, 5.41) is 2.11. The van der Waals surface area contributed by atoms with E-state index in [1.807, 2.05) is 30.3 Å². The molecule has 0 aromatic heterocycles. The molecule has 0 saturated carbocycles. The molecule has 0 aliphatic carbocycles. The summed E-state index contributed by atoms with van der Waals surface area (Å²) in [5.74, 6) is 3.14. The summed E-state index contributed by atoms with van der Waals surface area (Å²) in [5.41, 5.74) is 6.74. The van der Waals surface area contributed by atoms with E-state index in [9.17, 15) is 4.79 Å². The van der Waals surface area contributed by atoms with Crippen LogP contribution in [0.5, 0.6) is 0 Å². The average molecular weight is 367 g/mol. The van der Waals surface area contributed by atoms with Gasteiger partial charge in [-0.1, -0.05) is 77.8 Å². The van der Waals surface area contributed by atoms with Gasteiger partial charge in [0, 0.05) is 5.56 Å². The number of carbonyl (C=O) groups excluding carboxylic acids is 1. The Morgan fingerprint density at radius 2 is 1.50 bits per heavy atom. The molecule has 2 aromatic rings. The van der Waals surface area contributed by atoms with Crippen LogP contribution in [-0.4, -0.2) is 21.2 Å². The van der Waals surface area contributed by atoms with Gasteiger partial charge < -0.3 is 4.74 Å². The molecule has 0 aliphatic heterocycles. The maximum atomic E-state index is 12.3. The minimum atomic E-state index is -1.88. The van der Waals surface area contributed by atoms with Crippen LogP contribution < -0.4 is 0 Å². The molecule has 3 heteroatoms. The zero-order valence-electron chi connectivity index (χ0n) is 17.0. The van der Waals surface area contributed by atoms with E-state index in [1.54, 1.807) is 0 Å². The molecule has 26 heavy (non-hydrogen) atoms. The second-order valence-corrected chi connectivity index (χ2v) is 13.4. The number of hydrogen-bond donors (Lipinski definition) is 0. The molecule has 0 unspecified atom stereocenters. The van der Waals surface area contributed by atoms with E-state index in [4.69, 9.17) is 4.74 Å². The van der Waals surface area contributed by atoms with Crippen molar-refractivity contribution < 1.29 is 9.53 Å². The first-order valence-electron chi connectivity index (χ1n) is 9.38. The zero-order valence-corrected chi connectivity index (χ0v) is 18.0. The number of ether oxygens (including phenoxy) is 1. The molecule has 0 fully saturated rings. The van der Waals surface area contributed by atoms with E-state index in [-0.39, 0.29) is 5.97 Å². The Balaban J connectivity index is 2.78. The van der Waals surface area contributed by atoms with Crippen molar-refractivity contribution in [3.05, 3.63) is 47.5 Å². The minimum Gasteiger partial charge on any atom is -0.465 e. The monoisotopic (exact) mass is 366 g/mol. The Morgan fingerprint density at radius 3 is 2.04 bits per heavy atom. The van der Waals surface area contributed by atoms with E-state index in [2.05, 4.69) is 59.1 Å². The molecular weight excluding hydrogens is 336 g/mol. The van der Waals surface area contributed by atoms with Crippen LogP contribution in [0.1, 0.15) is 57.5 Å². The van der Waals surface area contributed by atoms with Gasteiger partial charge in [-0.15, -0.1) is 5.54 Å². The molecule has 2 rings (SSSR count). The SMILES string of the molecule is COC(=O)c1ccc2ccccc2c1C#C[Si](C(C)C)(C(C)C)C(C)C. The van der Waals surface area contributed by atoms with Crippen LogP contribution >= 0.6 is 0 Å². The number of methoxy groups -OCH3 is 1. The quantitative estimate of drug-likeness (QED) is 0.366. The molecule has 0 heterocycles. The van der Waals surface area contributed by atoms with Gasteiger partial charge >= 0.3 is 5.97 Å². The molecule has 2 nitrogen and oxygen atoms in total. The van der Waals surface area contributed by atoms with Gasteiger partial charge in [0.1, 0.15) is 8.07 Å². The molecule has 0 atom stereocenters. The molecule has 0 saturated heterocycles. The molecule has 2 aromatic carbocycles. The summed E-state index contributed by atoms with van der Waals surface area (Å²) >= 11 is 0. The first-order valence-corrected chi connectivity index (χ1v) is 11.6. The number of hydrogen-bond acceptors (Lipinski definition) is 2. The van der Waals surface area contributed by atoms with Crippen LogP contribution in [0.4, 0.5) is 0 Å². The lowest BCUT2D eigenvalue weighted by molar-refractivity contribution is 0.0600. The summed E-state index contributed by atoms with van der Waals surface area (Å²) in [4.78, 5) is 12.3. The molecule has 0 spiro atoms. The Morgan fingerprint density at radius 1 is 0.923 bits per heavy atom. The van der Waals surface area contributed by atoms with Gasteiger partial charge in [0.25, 0.3) is 0 Å². The van der Waals surface area contributed by atoms with Crippen molar-refractivity contribution in [3.63, 3.8) is 0 Å². The number of rotatable bonds is 4. The van der Waals surface area contributed by atoms with Crippen molar-refractivity contribution in [2.45, 2.75) is 58.2 Å². The second kappa shape index (κ2) is 8.10. The lowest BCUT2D eigenvalue weighted by Crippen LogP contribution is -2.43. The first kappa shape index (κ1) is 20.3. The Bertz CT molecular complexity index is 832. The van der Waals surface area contributed by atoms with Gasteiger partial charge in [-0.2, -0.15) is 0 Å². The summed E-state index contributed by atoms with van der Waals surface area (Å²) in [6.45, 7) is 13.8. The average Bonchev–Trinajstić information content (AvgIpc) is 2.60. The fourth-order valence-corrected chi connectivity index (χ4v) is 9.50. The highest BCUT2D eigenvalue weighted by atomic mass is 28.3. The smallest absolute Gasteiger partial charge is 0.339 e. The van der Waals surface area contributed by atoms with Crippen molar-refractivity contribution in [2.24, 2.45) is 0 Å². The lowest BCUT2D eigenvalue weighted by atomic mass is 9.99. The number of benzene rings is 2. The third-order valence-electron chi connectivity index (χ3n) is 5.60. The molecule has 0 N–H and O–H groups in total. The predicted octanol–water partition coefficient (Wildman–Crippen LogP) is 6.20. The standard InChI is InChI=1S/C23H30O2Si/c1-16(2)26(17(3)4,18(5)6)15-14-21-20-11-9-8-10-19(20)12-13-22(21)23(24)25-7/h8-13,16-18H,1-7H3. The van der Waals surface area contributed by atoms with Crippen LogP contribution in [0.15, 0.2) is 36.4 Å². The summed E-state index contributed by atoms with van der Waals surface area (Å²) in [7, 11) is -0.458. The van der Waals surface area contributed by atoms with Crippen LogP contribution in [0.25, 0.3) is 10.8 Å². The van der Waals surface area contributed by atoms with Crippen LogP contribution in [0, 0.1) is 11.5 Å². The van der Waals surface area contributed by atoms with Crippen molar-refractivity contribution in [3.8, 4) is 11.5 Å². The Labute approximate surface area is 159 Å². The maximum absolute atomic E-state index is 12.3. The Hall–Kier alpha value is -2.05. The zero-order chi connectivity index (χ0) is 19.5. The van der Waals surface area contributed by atoms with Gasteiger partial charge in [-0.05, 0) is 33.5 Å². The molecule has 0 amide bonds. The molecule has 0 bridgehead atoms. The third kappa shape index (κ3) is 3.57. The van der Waals surface area contributed by atoms with E-state index < -0.39 is 8.07 Å². The number of esters is 1. The van der Waals surface area contributed by atoms with Gasteiger partial charge in [0.15, 0.2) is 0 Å². The van der Waals surface area contributed by atoms with Crippen molar-refractivity contribution >= 4 is 24.8 Å². The highest BCUT2D eigenvalue weighted by molar-refractivity contribution is 6.90. The van der Waals surface area contributed by atoms with Crippen LogP contribution in [0.2, 0.25) is 16.6 Å². The minimum absolute atomic E-state index is 0.328. The highest BCUT2D eigenvalue weighted by Gasteiger charge is 2.41. The van der Waals surface area contributed by atoms with E-state index in [0.717, 1.165) is 16.3 Å². The molecule has 138 valence electrons. The second-order valence-electron chi connectivity index (χ2n) is 7.85. The van der Waals surface area contributed by atoms with E-state index in [1.165, 1.54) is 7.11 Å². The number of carbonyl (C=O) groups is 1. The fourth-order valence-electron chi connectivity index (χ4n) is 4.29. The van der Waals surface area contributed by atoms with Gasteiger partial charge in [-0.25, -0.2) is 4.79 Å². The van der Waals surface area contributed by atoms with E-state index in [0.29, 0.717) is 22.2 Å².